The lowest BCUT2D eigenvalue weighted by molar-refractivity contribution is -0.136. The predicted octanol–water partition coefficient (Wildman–Crippen LogP) is 1.66. The number of hydrogen-bond acceptors (Lipinski definition) is 4. The van der Waals surface area contributed by atoms with Crippen LogP contribution < -0.4 is 0 Å². The van der Waals surface area contributed by atoms with Crippen molar-refractivity contribution >= 4 is 17.7 Å². The van der Waals surface area contributed by atoms with Crippen molar-refractivity contribution in [1.82, 2.24) is 0 Å². The van der Waals surface area contributed by atoms with Gasteiger partial charge in [-0.25, -0.2) is 0 Å². The van der Waals surface area contributed by atoms with Crippen LogP contribution in [-0.2, 0) is 4.79 Å². The molecule has 14 heavy (non-hydrogen) atoms. The standard InChI is InChI=1S/C9H10O4S/c10-6-1-2-7(11)8(5-6)14-4-3-9(12)13/h1-2,5,10-11H,3-4H2,(H,12,13). The highest BCUT2D eigenvalue weighted by atomic mass is 32.2. The van der Waals surface area contributed by atoms with Gasteiger partial charge < -0.3 is 15.3 Å². The number of carbonyl (C=O) groups is 1. The van der Waals surface area contributed by atoms with Gasteiger partial charge in [0.05, 0.1) is 11.3 Å². The first-order chi connectivity index (χ1) is 6.59. The van der Waals surface area contributed by atoms with Crippen molar-refractivity contribution in [1.29, 1.82) is 0 Å². The zero-order valence-corrected chi connectivity index (χ0v) is 8.12. The fourth-order valence-corrected chi connectivity index (χ4v) is 1.78. The minimum absolute atomic E-state index is 0.0275. The van der Waals surface area contributed by atoms with Crippen molar-refractivity contribution in [2.45, 2.75) is 11.3 Å². The molecule has 3 N–H and O–H groups in total. The molecule has 0 bridgehead atoms. The number of hydrogen-bond donors (Lipinski definition) is 3. The molecule has 0 radical (unpaired) electrons. The Bertz CT molecular complexity index is 338. The van der Waals surface area contributed by atoms with Crippen LogP contribution >= 0.6 is 11.8 Å². The smallest absolute Gasteiger partial charge is 0.304 e. The Morgan fingerprint density at radius 2 is 2.07 bits per heavy atom. The summed E-state index contributed by atoms with van der Waals surface area (Å²) in [5, 5.41) is 26.8. The third kappa shape index (κ3) is 3.18. The molecule has 5 heteroatoms. The normalized spacial score (nSPS) is 10.0. The maximum atomic E-state index is 10.2. The van der Waals surface area contributed by atoms with E-state index in [0.29, 0.717) is 10.6 Å². The summed E-state index contributed by atoms with van der Waals surface area (Å²) >= 11 is 1.20. The third-order valence-electron chi connectivity index (χ3n) is 1.52. The van der Waals surface area contributed by atoms with E-state index in [1.165, 1.54) is 30.0 Å². The maximum Gasteiger partial charge on any atom is 0.304 e. The summed E-state index contributed by atoms with van der Waals surface area (Å²) in [5.74, 6) is -0.400. The molecule has 1 rings (SSSR count). The van der Waals surface area contributed by atoms with Gasteiger partial charge in [0.15, 0.2) is 0 Å². The molecule has 0 aliphatic carbocycles. The largest absolute Gasteiger partial charge is 0.508 e. The summed E-state index contributed by atoms with van der Waals surface area (Å²) in [4.78, 5) is 10.7. The molecule has 0 saturated heterocycles. The zero-order chi connectivity index (χ0) is 10.6. The average molecular weight is 214 g/mol. The molecule has 0 heterocycles. The Labute approximate surface area is 85.2 Å². The van der Waals surface area contributed by atoms with E-state index >= 15 is 0 Å². The van der Waals surface area contributed by atoms with Crippen LogP contribution in [-0.4, -0.2) is 27.0 Å². The number of phenols is 2. The molecule has 0 fully saturated rings. The first kappa shape index (κ1) is 10.7. The molecular formula is C9H10O4S. The number of carboxylic acids is 1. The molecule has 0 amide bonds. The van der Waals surface area contributed by atoms with Crippen LogP contribution in [0.15, 0.2) is 23.1 Å². The highest BCUT2D eigenvalue weighted by Gasteiger charge is 2.04. The molecule has 1 aromatic rings. The Balaban J connectivity index is 2.57. The number of aliphatic carboxylic acids is 1. The highest BCUT2D eigenvalue weighted by molar-refractivity contribution is 7.99. The van der Waals surface area contributed by atoms with Gasteiger partial charge in [-0.05, 0) is 18.2 Å². The second-order valence-corrected chi connectivity index (χ2v) is 3.78. The lowest BCUT2D eigenvalue weighted by Crippen LogP contribution is -1.95. The molecule has 4 nitrogen and oxygen atoms in total. The summed E-state index contributed by atoms with van der Waals surface area (Å²) < 4.78 is 0. The number of phenolic OH excluding ortho intramolecular Hbond substituents is 2. The SMILES string of the molecule is O=C(O)CCSc1cc(O)ccc1O. The van der Waals surface area contributed by atoms with Gasteiger partial charge in [0.2, 0.25) is 0 Å². The molecule has 0 aliphatic heterocycles. The van der Waals surface area contributed by atoms with Crippen LogP contribution in [0.5, 0.6) is 11.5 Å². The van der Waals surface area contributed by atoms with Crippen molar-refractivity contribution in [3.8, 4) is 11.5 Å². The van der Waals surface area contributed by atoms with E-state index in [2.05, 4.69) is 0 Å². The molecule has 0 spiro atoms. The summed E-state index contributed by atoms with van der Waals surface area (Å²) in [6.07, 6.45) is 0.0275. The van der Waals surface area contributed by atoms with Gasteiger partial charge in [0, 0.05) is 5.75 Å². The van der Waals surface area contributed by atoms with Crippen LogP contribution in [0.4, 0.5) is 0 Å². The molecule has 0 atom stereocenters. The molecule has 76 valence electrons. The summed E-state index contributed by atoms with van der Waals surface area (Å²) in [6, 6.07) is 4.15. The Morgan fingerprint density at radius 1 is 1.36 bits per heavy atom. The molecule has 0 saturated carbocycles. The molecule has 0 aromatic heterocycles. The predicted molar refractivity (Wildman–Crippen MR) is 52.7 cm³/mol. The first-order valence-electron chi connectivity index (χ1n) is 3.96. The van der Waals surface area contributed by atoms with E-state index in [9.17, 15) is 9.90 Å². The monoisotopic (exact) mass is 214 g/mol. The van der Waals surface area contributed by atoms with Crippen molar-refractivity contribution in [3.05, 3.63) is 18.2 Å². The van der Waals surface area contributed by atoms with Crippen LogP contribution in [0.3, 0.4) is 0 Å². The van der Waals surface area contributed by atoms with Gasteiger partial charge in [-0.1, -0.05) is 0 Å². The minimum Gasteiger partial charge on any atom is -0.508 e. The van der Waals surface area contributed by atoms with E-state index in [1.807, 2.05) is 0 Å². The van der Waals surface area contributed by atoms with Gasteiger partial charge in [-0.2, -0.15) is 0 Å². The number of carboxylic acid groups (broad SMARTS) is 1. The topological polar surface area (TPSA) is 77.8 Å². The third-order valence-corrected chi connectivity index (χ3v) is 2.56. The zero-order valence-electron chi connectivity index (χ0n) is 7.30. The average Bonchev–Trinajstić information content (AvgIpc) is 2.10. The highest BCUT2D eigenvalue weighted by Crippen LogP contribution is 2.31. The second kappa shape index (κ2) is 4.76. The van der Waals surface area contributed by atoms with Crippen LogP contribution in [0.25, 0.3) is 0 Å². The summed E-state index contributed by atoms with van der Waals surface area (Å²) in [6.45, 7) is 0. The quantitative estimate of drug-likeness (QED) is 0.525. The van der Waals surface area contributed by atoms with Crippen LogP contribution in [0, 0.1) is 0 Å². The molecule has 0 aliphatic rings. The van der Waals surface area contributed by atoms with E-state index in [-0.39, 0.29) is 17.9 Å². The number of benzene rings is 1. The van der Waals surface area contributed by atoms with Gasteiger partial charge in [0.25, 0.3) is 0 Å². The number of rotatable bonds is 4. The van der Waals surface area contributed by atoms with E-state index in [4.69, 9.17) is 10.2 Å². The van der Waals surface area contributed by atoms with Gasteiger partial charge in [0.1, 0.15) is 11.5 Å². The van der Waals surface area contributed by atoms with Crippen molar-refractivity contribution in [2.24, 2.45) is 0 Å². The first-order valence-corrected chi connectivity index (χ1v) is 4.94. The number of thioether (sulfide) groups is 1. The Morgan fingerprint density at radius 3 is 2.71 bits per heavy atom. The minimum atomic E-state index is -0.878. The Kier molecular flexibility index (Phi) is 3.64. The summed E-state index contributed by atoms with van der Waals surface area (Å²) in [7, 11) is 0. The fraction of sp³-hybridized carbons (Fsp3) is 0.222. The van der Waals surface area contributed by atoms with Crippen molar-refractivity contribution in [3.63, 3.8) is 0 Å². The molecule has 1 aromatic carbocycles. The molecular weight excluding hydrogens is 204 g/mol. The van der Waals surface area contributed by atoms with Gasteiger partial charge >= 0.3 is 5.97 Å². The second-order valence-electron chi connectivity index (χ2n) is 2.64. The van der Waals surface area contributed by atoms with Crippen LogP contribution in [0.2, 0.25) is 0 Å². The molecule has 0 unspecified atom stereocenters. The van der Waals surface area contributed by atoms with Crippen molar-refractivity contribution < 1.29 is 20.1 Å². The lowest BCUT2D eigenvalue weighted by Gasteiger charge is -2.03. The maximum absolute atomic E-state index is 10.2. The fourth-order valence-electron chi connectivity index (χ4n) is 0.867. The van der Waals surface area contributed by atoms with E-state index < -0.39 is 5.97 Å². The van der Waals surface area contributed by atoms with Gasteiger partial charge in [-0.3, -0.25) is 4.79 Å². The lowest BCUT2D eigenvalue weighted by atomic mass is 10.3. The number of aromatic hydroxyl groups is 2. The Hall–Kier alpha value is -1.36. The van der Waals surface area contributed by atoms with Gasteiger partial charge in [-0.15, -0.1) is 11.8 Å². The van der Waals surface area contributed by atoms with E-state index in [0.717, 1.165) is 0 Å². The van der Waals surface area contributed by atoms with E-state index in [1.54, 1.807) is 0 Å². The summed E-state index contributed by atoms with van der Waals surface area (Å²) in [5.41, 5.74) is 0. The van der Waals surface area contributed by atoms with Crippen LogP contribution in [0.1, 0.15) is 6.42 Å². The van der Waals surface area contributed by atoms with Crippen molar-refractivity contribution in [2.75, 3.05) is 5.75 Å².